The Kier molecular flexibility index (Phi) is 5.24. The lowest BCUT2D eigenvalue weighted by Gasteiger charge is -2.17. The lowest BCUT2D eigenvalue weighted by molar-refractivity contribution is -0.122. The van der Waals surface area contributed by atoms with Gasteiger partial charge >= 0.3 is 0 Å². The molecule has 1 fully saturated rings. The highest BCUT2D eigenvalue weighted by molar-refractivity contribution is 7.22. The van der Waals surface area contributed by atoms with Gasteiger partial charge in [-0.2, -0.15) is 0 Å². The van der Waals surface area contributed by atoms with Crippen molar-refractivity contribution in [2.75, 3.05) is 23.4 Å². The van der Waals surface area contributed by atoms with Gasteiger partial charge in [0.15, 0.2) is 5.13 Å². The molecule has 1 aliphatic rings. The predicted octanol–water partition coefficient (Wildman–Crippen LogP) is 4.30. The summed E-state index contributed by atoms with van der Waals surface area (Å²) >= 11 is 1.40. The normalized spacial score (nSPS) is 16.4. The smallest absolute Gasteiger partial charge is 0.231 e. The summed E-state index contributed by atoms with van der Waals surface area (Å²) in [7, 11) is 0. The number of nitrogens with one attached hydrogen (secondary N) is 1. The quantitative estimate of drug-likeness (QED) is 0.682. The second-order valence-corrected chi connectivity index (χ2v) is 8.28. The van der Waals surface area contributed by atoms with E-state index in [9.17, 15) is 9.59 Å². The third-order valence-electron chi connectivity index (χ3n) is 5.20. The van der Waals surface area contributed by atoms with Gasteiger partial charge in [-0.1, -0.05) is 17.4 Å². The third-order valence-corrected chi connectivity index (χ3v) is 6.13. The van der Waals surface area contributed by atoms with Crippen molar-refractivity contribution < 1.29 is 14.3 Å². The molecule has 0 spiro atoms. The van der Waals surface area contributed by atoms with E-state index >= 15 is 0 Å². The summed E-state index contributed by atoms with van der Waals surface area (Å²) in [6.07, 6.45) is 0.206. The molecule has 2 heterocycles. The standard InChI is InChI=1S/C22H23N3O3S/c1-4-28-17-7-8-18-19(11-17)29-22(23-18)24-21(27)15-10-20(26)25(12-15)16-6-5-13(2)14(3)9-16/h5-9,11,15H,4,10,12H2,1-3H3,(H,23,24,27)/t15-/m0/s1. The van der Waals surface area contributed by atoms with Crippen LogP contribution >= 0.6 is 11.3 Å². The molecule has 150 valence electrons. The van der Waals surface area contributed by atoms with E-state index in [-0.39, 0.29) is 18.2 Å². The Balaban J connectivity index is 1.46. The number of anilines is 2. The first kappa shape index (κ1) is 19.4. The van der Waals surface area contributed by atoms with Gasteiger partial charge in [0.05, 0.1) is 22.7 Å². The number of fused-ring (bicyclic) bond motifs is 1. The molecule has 6 nitrogen and oxygen atoms in total. The second kappa shape index (κ2) is 7.83. The lowest BCUT2D eigenvalue weighted by Crippen LogP contribution is -2.28. The Bertz CT molecular complexity index is 1090. The minimum Gasteiger partial charge on any atom is -0.494 e. The van der Waals surface area contributed by atoms with Gasteiger partial charge in [0, 0.05) is 18.7 Å². The third kappa shape index (κ3) is 3.96. The van der Waals surface area contributed by atoms with Crippen molar-refractivity contribution in [3.63, 3.8) is 0 Å². The van der Waals surface area contributed by atoms with Crippen LogP contribution in [0.5, 0.6) is 5.75 Å². The van der Waals surface area contributed by atoms with Crippen LogP contribution in [0.3, 0.4) is 0 Å². The zero-order chi connectivity index (χ0) is 20.5. The Morgan fingerprint density at radius 2 is 2.07 bits per heavy atom. The van der Waals surface area contributed by atoms with Gasteiger partial charge in [0.2, 0.25) is 11.8 Å². The molecule has 3 aromatic rings. The van der Waals surface area contributed by atoms with Crippen molar-refractivity contribution in [2.45, 2.75) is 27.2 Å². The molecule has 1 aliphatic heterocycles. The van der Waals surface area contributed by atoms with E-state index in [0.717, 1.165) is 27.2 Å². The van der Waals surface area contributed by atoms with E-state index in [1.54, 1.807) is 4.90 Å². The lowest BCUT2D eigenvalue weighted by atomic mass is 10.1. The van der Waals surface area contributed by atoms with Crippen molar-refractivity contribution >= 4 is 44.2 Å². The Hall–Kier alpha value is -2.93. The molecular weight excluding hydrogens is 386 g/mol. The van der Waals surface area contributed by atoms with E-state index in [1.807, 2.05) is 57.2 Å². The SMILES string of the molecule is CCOc1ccc2nc(NC(=O)[C@H]3CC(=O)N(c4ccc(C)c(C)c4)C3)sc2c1. The minimum absolute atomic E-state index is 0.0286. The summed E-state index contributed by atoms with van der Waals surface area (Å²) in [5.74, 6) is 0.190. The van der Waals surface area contributed by atoms with Gasteiger partial charge in [-0.15, -0.1) is 0 Å². The van der Waals surface area contributed by atoms with Gasteiger partial charge in [-0.05, 0) is 62.2 Å². The molecule has 1 aromatic heterocycles. The van der Waals surface area contributed by atoms with Crippen LogP contribution in [0.2, 0.25) is 0 Å². The number of thiazole rings is 1. The van der Waals surface area contributed by atoms with E-state index < -0.39 is 5.92 Å². The molecule has 1 saturated heterocycles. The van der Waals surface area contributed by atoms with E-state index in [2.05, 4.69) is 10.3 Å². The van der Waals surface area contributed by atoms with E-state index in [1.165, 1.54) is 16.9 Å². The monoisotopic (exact) mass is 409 g/mol. The molecule has 1 N–H and O–H groups in total. The van der Waals surface area contributed by atoms with Gasteiger partial charge in [-0.25, -0.2) is 4.98 Å². The fraction of sp³-hybridized carbons (Fsp3) is 0.318. The van der Waals surface area contributed by atoms with Crippen LogP contribution in [0.1, 0.15) is 24.5 Å². The first-order valence-corrected chi connectivity index (χ1v) is 10.5. The van der Waals surface area contributed by atoms with Crippen molar-refractivity contribution in [1.82, 2.24) is 4.98 Å². The molecule has 7 heteroatoms. The number of aromatic nitrogens is 1. The van der Waals surface area contributed by atoms with Gasteiger partial charge in [0.1, 0.15) is 5.75 Å². The molecule has 0 radical (unpaired) electrons. The number of carbonyl (C=O) groups excluding carboxylic acids is 2. The Morgan fingerprint density at radius 3 is 2.83 bits per heavy atom. The van der Waals surface area contributed by atoms with Crippen LogP contribution in [0.4, 0.5) is 10.8 Å². The van der Waals surface area contributed by atoms with Crippen LogP contribution in [0.15, 0.2) is 36.4 Å². The first-order chi connectivity index (χ1) is 13.9. The highest BCUT2D eigenvalue weighted by atomic mass is 32.1. The summed E-state index contributed by atoms with van der Waals surface area (Å²) in [5.41, 5.74) is 3.96. The molecule has 0 aliphatic carbocycles. The van der Waals surface area contributed by atoms with E-state index in [0.29, 0.717) is 18.3 Å². The first-order valence-electron chi connectivity index (χ1n) is 9.66. The van der Waals surface area contributed by atoms with E-state index in [4.69, 9.17) is 4.74 Å². The Labute approximate surface area is 173 Å². The Morgan fingerprint density at radius 1 is 1.24 bits per heavy atom. The van der Waals surface area contributed by atoms with Crippen LogP contribution in [-0.2, 0) is 9.59 Å². The number of ether oxygens (including phenoxy) is 1. The minimum atomic E-state index is -0.393. The molecule has 0 bridgehead atoms. The number of hydrogen-bond acceptors (Lipinski definition) is 5. The van der Waals surface area contributed by atoms with Crippen LogP contribution in [0, 0.1) is 19.8 Å². The van der Waals surface area contributed by atoms with Crippen molar-refractivity contribution in [2.24, 2.45) is 5.92 Å². The number of benzene rings is 2. The van der Waals surface area contributed by atoms with Crippen molar-refractivity contribution in [1.29, 1.82) is 0 Å². The predicted molar refractivity (Wildman–Crippen MR) is 116 cm³/mol. The maximum atomic E-state index is 12.8. The molecule has 0 unspecified atom stereocenters. The molecule has 0 saturated carbocycles. The fourth-order valence-electron chi connectivity index (χ4n) is 3.45. The number of aryl methyl sites for hydroxylation is 2. The average molecular weight is 410 g/mol. The highest BCUT2D eigenvalue weighted by Gasteiger charge is 2.35. The summed E-state index contributed by atoms with van der Waals surface area (Å²) in [5, 5.41) is 3.42. The largest absolute Gasteiger partial charge is 0.494 e. The number of nitrogens with zero attached hydrogens (tertiary/aromatic N) is 2. The molecule has 2 amide bonds. The van der Waals surface area contributed by atoms with Crippen LogP contribution in [0.25, 0.3) is 10.2 Å². The summed E-state index contributed by atoms with van der Waals surface area (Å²) in [4.78, 5) is 31.4. The number of amides is 2. The molecule has 4 rings (SSSR count). The van der Waals surface area contributed by atoms with Crippen molar-refractivity contribution in [3.05, 3.63) is 47.5 Å². The van der Waals surface area contributed by atoms with Gasteiger partial charge in [-0.3, -0.25) is 9.59 Å². The molecule has 1 atom stereocenters. The second-order valence-electron chi connectivity index (χ2n) is 7.24. The molecule has 29 heavy (non-hydrogen) atoms. The number of carbonyl (C=O) groups is 2. The number of rotatable bonds is 5. The maximum absolute atomic E-state index is 12.8. The van der Waals surface area contributed by atoms with Crippen molar-refractivity contribution in [3.8, 4) is 5.75 Å². The maximum Gasteiger partial charge on any atom is 0.231 e. The zero-order valence-electron chi connectivity index (χ0n) is 16.7. The average Bonchev–Trinajstić information content (AvgIpc) is 3.27. The van der Waals surface area contributed by atoms with Crippen LogP contribution < -0.4 is 15.0 Å². The summed E-state index contributed by atoms with van der Waals surface area (Å²) in [6, 6.07) is 11.6. The summed E-state index contributed by atoms with van der Waals surface area (Å²) in [6.45, 7) is 6.98. The zero-order valence-corrected chi connectivity index (χ0v) is 17.5. The van der Waals surface area contributed by atoms with Gasteiger partial charge < -0.3 is 15.0 Å². The topological polar surface area (TPSA) is 71.5 Å². The number of hydrogen-bond donors (Lipinski definition) is 1. The van der Waals surface area contributed by atoms with Crippen LogP contribution in [-0.4, -0.2) is 29.9 Å². The fourth-order valence-corrected chi connectivity index (χ4v) is 4.35. The summed E-state index contributed by atoms with van der Waals surface area (Å²) < 4.78 is 6.47. The molecule has 2 aromatic carbocycles. The molecular formula is C22H23N3O3S. The highest BCUT2D eigenvalue weighted by Crippen LogP contribution is 2.31. The van der Waals surface area contributed by atoms with Gasteiger partial charge in [0.25, 0.3) is 0 Å².